The Morgan fingerprint density at radius 2 is 1.01 bits per heavy atom. The van der Waals surface area contributed by atoms with Gasteiger partial charge in [-0.2, -0.15) is 0 Å². The minimum absolute atomic E-state index is 0.0688. The number of aromatic amines is 1. The predicted molar refractivity (Wildman–Crippen MR) is 478 cm³/mol. The molecule has 1 unspecified atom stereocenters. The van der Waals surface area contributed by atoms with Gasteiger partial charge in [-0.3, -0.25) is 86.3 Å². The van der Waals surface area contributed by atoms with Crippen molar-refractivity contribution in [2.75, 3.05) is 52.3 Å². The lowest BCUT2D eigenvalue weighted by atomic mass is 9.98. The molecule has 9 rings (SSSR count). The zero-order chi connectivity index (χ0) is 98.1. The summed E-state index contributed by atoms with van der Waals surface area (Å²) in [6.45, 7) is 2.65. The molecule has 16 amide bonds. The molecule has 1 aromatic heterocycles. The second kappa shape index (κ2) is 48.4. The molecule has 0 bridgehead atoms. The Bertz CT molecular complexity index is 5290. The number of para-hydroxylation sites is 1. The predicted octanol–water partition coefficient (Wildman–Crippen LogP) is -1.64. The lowest BCUT2D eigenvalue weighted by Gasteiger charge is -2.38. The number of fused-ring (bicyclic) bond motifs is 3. The smallest absolute Gasteiger partial charge is 0.305 e. The highest BCUT2D eigenvalue weighted by atomic mass is 32.2. The summed E-state index contributed by atoms with van der Waals surface area (Å²) in [7, 11) is 3.59. The van der Waals surface area contributed by atoms with Crippen LogP contribution in [0.5, 0.6) is 5.75 Å². The minimum atomic E-state index is -2.07. The first kappa shape index (κ1) is 104. The number of hydrogen-bond acceptors (Lipinski definition) is 22. The largest absolute Gasteiger partial charge is 0.508 e. The molecule has 3 aliphatic rings. The number of aliphatic carboxylic acids is 2. The van der Waals surface area contributed by atoms with Crippen molar-refractivity contribution in [2.45, 2.75) is 201 Å². The number of carboxylic acid groups (broad SMARTS) is 2. The van der Waals surface area contributed by atoms with Gasteiger partial charge in [0.25, 0.3) is 0 Å². The van der Waals surface area contributed by atoms with Gasteiger partial charge < -0.3 is 114 Å². The van der Waals surface area contributed by atoms with E-state index in [9.17, 15) is 73.1 Å². The number of phenols is 1. The van der Waals surface area contributed by atoms with Crippen molar-refractivity contribution in [3.63, 3.8) is 0 Å². The number of rotatable bonds is 24. The topological polar surface area (TPSA) is 601 Å². The quantitative estimate of drug-likeness (QED) is 0.0323. The molecule has 720 valence electrons. The van der Waals surface area contributed by atoms with Crippen LogP contribution >= 0.6 is 11.8 Å². The zero-order valence-corrected chi connectivity index (χ0v) is 75.3. The summed E-state index contributed by atoms with van der Waals surface area (Å²) >= 11 is 0.609. The lowest BCUT2D eigenvalue weighted by molar-refractivity contribution is -0.152. The Morgan fingerprint density at radius 1 is 0.493 bits per heavy atom. The van der Waals surface area contributed by atoms with E-state index in [0.29, 0.717) is 45.8 Å². The Labute approximate surface area is 773 Å². The number of thioether (sulfide) groups is 1. The number of phenolic OH excluding ortho intramolecular Hbond substituents is 1. The maximum Gasteiger partial charge on any atom is 0.305 e. The number of likely N-dealkylation sites (N-methyl/N-ethyl adjacent to an activating group) is 3. The second-order valence-electron chi connectivity index (χ2n) is 33.7. The van der Waals surface area contributed by atoms with Gasteiger partial charge >= 0.3 is 11.9 Å². The normalized spacial score (nSPS) is 24.5. The van der Waals surface area contributed by atoms with Crippen LogP contribution in [0.15, 0.2) is 134 Å². The number of benzene rings is 5. The van der Waals surface area contributed by atoms with E-state index in [1.807, 2.05) is 0 Å². The van der Waals surface area contributed by atoms with Crippen LogP contribution in [0.25, 0.3) is 10.9 Å². The van der Waals surface area contributed by atoms with Crippen LogP contribution in [-0.2, 0) is 118 Å². The SMILES string of the molecule is CCCC[C@H]1C(=O)N2C[C@H](O)C[C@@H]2C(=O)N[C@@H](CC(=O)O)C(=O)N[C@@H](C(C)C)C(=O)N(C)[C@@H](Cc2ccccc2)C(=O)N[C@@H](CC(N)=O)C(=O)N2C[C@H](O)C[C@H]2C(=O)N[C@@H](Cc2c[nH]c3ccccc23)C(=O)NC(Cc2ccc(O)cc2)C(=O)N[C@@H](CCC(=O)O)C(=O)N[C@H](C(=O)NCC(N)=O)CSCC(=O)N[C@@H](Cc2ccc(F)c(F)c2)C(=O)N(C)[C@@H](Cc2ccccc2)C(=O)N1C. The van der Waals surface area contributed by atoms with E-state index in [1.54, 1.807) is 91.9 Å². The fourth-order valence-corrected chi connectivity index (χ4v) is 17.0. The van der Waals surface area contributed by atoms with Gasteiger partial charge in [-0.25, -0.2) is 8.78 Å². The maximum atomic E-state index is 15.7. The van der Waals surface area contributed by atoms with Crippen LogP contribution in [0.4, 0.5) is 8.78 Å². The third-order valence-electron chi connectivity index (χ3n) is 23.4. The second-order valence-corrected chi connectivity index (χ2v) is 34.7. The molecule has 134 heavy (non-hydrogen) atoms. The molecule has 15 atom stereocenters. The number of aliphatic hydroxyl groups excluding tert-OH is 2. The molecule has 3 saturated heterocycles. The zero-order valence-electron chi connectivity index (χ0n) is 74.5. The van der Waals surface area contributed by atoms with Crippen molar-refractivity contribution in [3.8, 4) is 5.75 Å². The van der Waals surface area contributed by atoms with E-state index >= 15 is 47.5 Å². The van der Waals surface area contributed by atoms with E-state index in [0.717, 1.165) is 49.7 Å². The number of H-pyrrole nitrogens is 1. The van der Waals surface area contributed by atoms with Crippen LogP contribution in [0.3, 0.4) is 0 Å². The molecule has 19 N–H and O–H groups in total. The third-order valence-corrected chi connectivity index (χ3v) is 24.4. The summed E-state index contributed by atoms with van der Waals surface area (Å²) in [5, 5.41) is 76.5. The number of hydrogen-bond donors (Lipinski definition) is 17. The number of nitrogens with two attached hydrogens (primary N) is 2. The van der Waals surface area contributed by atoms with Crippen molar-refractivity contribution >= 4 is 129 Å². The number of nitrogens with zero attached hydrogens (tertiary/aromatic N) is 5. The highest BCUT2D eigenvalue weighted by Gasteiger charge is 2.48. The number of carbonyl (C=O) groups excluding carboxylic acids is 16. The number of amides is 16. The number of halogens is 2. The molecule has 40 nitrogen and oxygen atoms in total. The first-order valence-corrected chi connectivity index (χ1v) is 44.6. The average Bonchev–Trinajstić information content (AvgIpc) is 1.59. The summed E-state index contributed by atoms with van der Waals surface area (Å²) in [5.41, 5.74) is 13.1. The van der Waals surface area contributed by atoms with Crippen molar-refractivity contribution in [2.24, 2.45) is 17.4 Å². The van der Waals surface area contributed by atoms with Gasteiger partial charge in [-0.15, -0.1) is 11.8 Å². The van der Waals surface area contributed by atoms with E-state index in [1.165, 1.54) is 58.4 Å². The van der Waals surface area contributed by atoms with Crippen molar-refractivity contribution in [3.05, 3.63) is 173 Å². The third kappa shape index (κ3) is 28.8. The summed E-state index contributed by atoms with van der Waals surface area (Å²) in [6.07, 6.45) is -8.00. The minimum Gasteiger partial charge on any atom is -0.508 e. The first-order chi connectivity index (χ1) is 63.6. The highest BCUT2D eigenvalue weighted by Crippen LogP contribution is 2.29. The number of carbonyl (C=O) groups is 18. The molecular formula is C91H113F2N17O23S. The summed E-state index contributed by atoms with van der Waals surface area (Å²) < 4.78 is 29.8. The number of aromatic hydroxyl groups is 1. The molecule has 3 fully saturated rings. The van der Waals surface area contributed by atoms with Gasteiger partial charge in [-0.1, -0.05) is 131 Å². The maximum absolute atomic E-state index is 15.7. The molecule has 43 heteroatoms. The lowest BCUT2D eigenvalue weighted by Crippen LogP contribution is -2.62. The van der Waals surface area contributed by atoms with Gasteiger partial charge in [0, 0.05) is 108 Å². The molecule has 5 aromatic carbocycles. The number of carboxylic acids is 2. The average molecular weight is 1880 g/mol. The van der Waals surface area contributed by atoms with Crippen molar-refractivity contribution in [1.29, 1.82) is 0 Å². The molecule has 6 aromatic rings. The van der Waals surface area contributed by atoms with E-state index in [-0.39, 0.29) is 42.6 Å². The molecule has 0 aliphatic carbocycles. The molecule has 4 heterocycles. The van der Waals surface area contributed by atoms with Crippen molar-refractivity contribution < 1.29 is 121 Å². The number of aliphatic hydroxyl groups is 2. The van der Waals surface area contributed by atoms with E-state index in [2.05, 4.69) is 52.8 Å². The van der Waals surface area contributed by atoms with Crippen molar-refractivity contribution in [1.82, 2.24) is 77.3 Å². The summed E-state index contributed by atoms with van der Waals surface area (Å²) in [6, 6.07) is 7.40. The number of nitrogens with one attached hydrogen (secondary N) is 10. The van der Waals surface area contributed by atoms with Gasteiger partial charge in [0.1, 0.15) is 84.3 Å². The molecular weight excluding hydrogens is 1770 g/mol. The number of primary amides is 2. The fourth-order valence-electron chi connectivity index (χ4n) is 16.1. The first-order valence-electron chi connectivity index (χ1n) is 43.5. The van der Waals surface area contributed by atoms with Gasteiger partial charge in [0.2, 0.25) is 94.5 Å². The Hall–Kier alpha value is -14.0. The van der Waals surface area contributed by atoms with Crippen LogP contribution in [0, 0.1) is 17.6 Å². The summed E-state index contributed by atoms with van der Waals surface area (Å²) in [5.74, 6) is -26.3. The Kier molecular flexibility index (Phi) is 37.5. The van der Waals surface area contributed by atoms with E-state index in [4.69, 9.17) is 11.5 Å². The fraction of sp³-hybridized carbons (Fsp3) is 0.451. The van der Waals surface area contributed by atoms with Crippen LogP contribution < -0.4 is 59.3 Å². The molecule has 0 saturated carbocycles. The molecule has 0 radical (unpaired) electrons. The van der Waals surface area contributed by atoms with Gasteiger partial charge in [0.05, 0.1) is 37.3 Å². The van der Waals surface area contributed by atoms with Gasteiger partial charge in [-0.05, 0) is 76.9 Å². The monoisotopic (exact) mass is 1880 g/mol. The Balaban J connectivity index is 1.14. The van der Waals surface area contributed by atoms with Crippen LogP contribution in [-0.4, -0.2) is 305 Å². The van der Waals surface area contributed by atoms with Gasteiger partial charge in [0.15, 0.2) is 11.6 Å². The molecule has 3 aliphatic heterocycles. The number of unbranched alkanes of at least 4 members (excludes halogenated alkanes) is 1. The Morgan fingerprint density at radius 3 is 1.59 bits per heavy atom. The van der Waals surface area contributed by atoms with Crippen LogP contribution in [0.2, 0.25) is 0 Å². The van der Waals surface area contributed by atoms with Crippen LogP contribution in [0.1, 0.15) is 106 Å². The summed E-state index contributed by atoms with van der Waals surface area (Å²) in [4.78, 5) is 270. The number of aromatic nitrogens is 1. The highest BCUT2D eigenvalue weighted by molar-refractivity contribution is 8.00. The molecule has 0 spiro atoms. The van der Waals surface area contributed by atoms with E-state index < -0.39 is 304 Å². The standard InChI is InChI=1S/C91H113F2N17O23S/c1-7-8-23-68-90(132)110-45-56(113)39-71(110)86(128)102-64(41-77(119)120)83(125)105-78(48(2)3)91(133)107(5)69(35-49-17-11-9-12-18-49)84(126)103-66(40-73(94)114)88(130)109-44-55(112)38-70(109)85(127)101-63(37-53-42-96-60-22-16-15-21-57(53)60)82(124)100-62(33-51-24-27-54(111)28-25-51)81(123)99-61(30-31-76(117)118)80(122)104-67(79(121)97-43-74(95)115)46-134-47-75(116)98-65(34-52-26-29-58(92)59(93)32-52)87(129)108(6)72(89(131)106(68)4)36-50-19-13-10-14-20-50/h9-22,24-29,32,42,48,55-56,61-72,78,96,111-113H,7-8,23,30-31,33-41,43-47H2,1-6H3,(H2,94,114)(H2,95,115)(H,97,121)(H,98,116)(H,99,123)(H,100,124)(H,101,127)(H,102,128)(H,103,126)(H,104,122)(H,105,125)(H,117,118)(H,119,120)/t55-,56-,61+,62?,63+,64+,65+,66+,67+,68+,69+,70+,71-,72+,78+/m1/s1.